The summed E-state index contributed by atoms with van der Waals surface area (Å²) in [7, 11) is 1.43. The van der Waals surface area contributed by atoms with Gasteiger partial charge in [0.25, 0.3) is 5.91 Å². The van der Waals surface area contributed by atoms with Crippen LogP contribution in [0.15, 0.2) is 24.3 Å². The van der Waals surface area contributed by atoms with Crippen molar-refractivity contribution in [3.63, 3.8) is 0 Å². The van der Waals surface area contributed by atoms with Crippen LogP contribution in [-0.4, -0.2) is 54.8 Å². The molecule has 2 amide bonds. The molecule has 7 nitrogen and oxygen atoms in total. The zero-order valence-electron chi connectivity index (χ0n) is 16.9. The van der Waals surface area contributed by atoms with E-state index in [1.165, 1.54) is 45.2 Å². The monoisotopic (exact) mass is 477 g/mol. The number of aliphatic hydroxyl groups excluding tert-OH is 1. The molecule has 0 aromatic heterocycles. The zero-order valence-corrected chi connectivity index (χ0v) is 17.7. The highest BCUT2D eigenvalue weighted by atomic mass is 35.5. The minimum absolute atomic E-state index is 0. The molecular formula is C18H25ClF5N3O4. The Labute approximate surface area is 181 Å². The van der Waals surface area contributed by atoms with Gasteiger partial charge in [0.15, 0.2) is 0 Å². The van der Waals surface area contributed by atoms with Gasteiger partial charge in [0.1, 0.15) is 24.4 Å². The van der Waals surface area contributed by atoms with Gasteiger partial charge >= 0.3 is 12.1 Å². The number of nitrogens with one attached hydrogen (secondary N) is 2. The summed E-state index contributed by atoms with van der Waals surface area (Å²) in [4.78, 5) is 23.9. The fourth-order valence-electron chi connectivity index (χ4n) is 2.49. The number of halogens is 6. The van der Waals surface area contributed by atoms with Crippen molar-refractivity contribution in [2.45, 2.75) is 44.1 Å². The van der Waals surface area contributed by atoms with E-state index in [0.717, 1.165) is 5.32 Å². The lowest BCUT2D eigenvalue weighted by atomic mass is 9.93. The lowest BCUT2D eigenvalue weighted by Crippen LogP contribution is -2.60. The maximum Gasteiger partial charge on any atom is 0.405 e. The minimum atomic E-state index is -4.91. The van der Waals surface area contributed by atoms with Gasteiger partial charge in [-0.15, -0.1) is 12.4 Å². The minimum Gasteiger partial charge on any atom is -0.497 e. The van der Waals surface area contributed by atoms with Crippen molar-refractivity contribution in [3.05, 3.63) is 29.8 Å². The summed E-state index contributed by atoms with van der Waals surface area (Å²) in [6, 6.07) is 3.03. The van der Waals surface area contributed by atoms with Gasteiger partial charge in [0.05, 0.1) is 13.2 Å². The molecule has 0 aliphatic rings. The Kier molecular flexibility index (Phi) is 10.6. The Morgan fingerprint density at radius 1 is 1.13 bits per heavy atom. The molecule has 1 aromatic rings. The molecule has 0 heterocycles. The second-order valence-corrected chi connectivity index (χ2v) is 6.89. The summed E-state index contributed by atoms with van der Waals surface area (Å²) in [6.45, 7) is 0.753. The van der Waals surface area contributed by atoms with E-state index in [1.807, 2.05) is 0 Å². The summed E-state index contributed by atoms with van der Waals surface area (Å²) < 4.78 is 69.9. The van der Waals surface area contributed by atoms with Crippen LogP contribution in [0.4, 0.5) is 22.0 Å². The van der Waals surface area contributed by atoms with Crippen molar-refractivity contribution in [3.8, 4) is 5.75 Å². The van der Waals surface area contributed by atoms with Crippen molar-refractivity contribution < 1.29 is 41.4 Å². The average Bonchev–Trinajstić information content (AvgIpc) is 2.67. The highest BCUT2D eigenvalue weighted by Gasteiger charge is 2.51. The number of nitrogens with two attached hydrogens (primary N) is 1. The van der Waals surface area contributed by atoms with Gasteiger partial charge in [-0.1, -0.05) is 26.0 Å². The maximum atomic E-state index is 14.2. The zero-order chi connectivity index (χ0) is 23.3. The van der Waals surface area contributed by atoms with E-state index in [1.54, 1.807) is 0 Å². The van der Waals surface area contributed by atoms with Crippen molar-refractivity contribution >= 4 is 24.2 Å². The predicted molar refractivity (Wildman–Crippen MR) is 104 cm³/mol. The van der Waals surface area contributed by atoms with Gasteiger partial charge in [-0.2, -0.15) is 22.0 Å². The Balaban J connectivity index is 0.00000900. The van der Waals surface area contributed by atoms with E-state index in [4.69, 9.17) is 10.5 Å². The smallest absolute Gasteiger partial charge is 0.405 e. The summed E-state index contributed by atoms with van der Waals surface area (Å²) >= 11 is 0. The number of carbonyl (C=O) groups excluding carboxylic acids is 2. The number of hydrogen-bond acceptors (Lipinski definition) is 5. The average molecular weight is 478 g/mol. The summed E-state index contributed by atoms with van der Waals surface area (Å²) in [5.41, 5.74) is 6.14. The molecule has 3 atom stereocenters. The van der Waals surface area contributed by atoms with Crippen LogP contribution >= 0.6 is 12.4 Å². The van der Waals surface area contributed by atoms with Gasteiger partial charge in [-0.3, -0.25) is 9.59 Å². The Morgan fingerprint density at radius 3 is 2.06 bits per heavy atom. The highest BCUT2D eigenvalue weighted by Crippen LogP contribution is 2.26. The van der Waals surface area contributed by atoms with Gasteiger partial charge < -0.3 is 26.2 Å². The first-order valence-electron chi connectivity index (χ1n) is 8.81. The largest absolute Gasteiger partial charge is 0.497 e. The molecule has 178 valence electrons. The van der Waals surface area contributed by atoms with E-state index in [0.29, 0.717) is 11.3 Å². The van der Waals surface area contributed by atoms with Crippen molar-refractivity contribution in [2.75, 3.05) is 13.7 Å². The van der Waals surface area contributed by atoms with Gasteiger partial charge in [0, 0.05) is 0 Å². The molecular weight excluding hydrogens is 453 g/mol. The number of rotatable bonds is 9. The summed E-state index contributed by atoms with van der Waals surface area (Å²) in [5, 5.41) is 13.2. The first-order chi connectivity index (χ1) is 13.7. The number of hydrogen-bond donors (Lipinski definition) is 4. The molecule has 31 heavy (non-hydrogen) atoms. The number of methoxy groups -OCH3 is 1. The maximum absolute atomic E-state index is 14.2. The second kappa shape index (κ2) is 11.4. The first kappa shape index (κ1) is 28.8. The third-order valence-corrected chi connectivity index (χ3v) is 4.25. The molecule has 0 fully saturated rings. The molecule has 0 radical (unpaired) electrons. The Morgan fingerprint density at radius 2 is 1.65 bits per heavy atom. The van der Waals surface area contributed by atoms with E-state index in [2.05, 4.69) is 5.32 Å². The molecule has 1 rings (SSSR count). The number of carbonyl (C=O) groups is 2. The lowest BCUT2D eigenvalue weighted by Gasteiger charge is -2.32. The molecule has 1 aromatic carbocycles. The van der Waals surface area contributed by atoms with Crippen LogP contribution in [0.5, 0.6) is 5.75 Å². The fourth-order valence-corrected chi connectivity index (χ4v) is 2.49. The van der Waals surface area contributed by atoms with Crippen LogP contribution in [0.2, 0.25) is 0 Å². The molecule has 0 bridgehead atoms. The summed E-state index contributed by atoms with van der Waals surface area (Å²) in [6.07, 6.45) is -7.70. The van der Waals surface area contributed by atoms with E-state index in [-0.39, 0.29) is 12.4 Å². The van der Waals surface area contributed by atoms with E-state index < -0.39 is 54.6 Å². The predicted octanol–water partition coefficient (Wildman–Crippen LogP) is 1.93. The Bertz CT molecular complexity index is 732. The van der Waals surface area contributed by atoms with Gasteiger partial charge in [0.2, 0.25) is 5.91 Å². The molecule has 5 N–H and O–H groups in total. The molecule has 0 spiro atoms. The summed E-state index contributed by atoms with van der Waals surface area (Å²) in [5.74, 6) is -8.16. The van der Waals surface area contributed by atoms with Crippen LogP contribution in [0, 0.1) is 5.92 Å². The fraction of sp³-hybridized carbons (Fsp3) is 0.556. The Hall–Kier alpha value is -2.18. The van der Waals surface area contributed by atoms with Gasteiger partial charge in [-0.05, 0) is 23.6 Å². The molecule has 0 aliphatic heterocycles. The highest BCUT2D eigenvalue weighted by molar-refractivity contribution is 5.86. The van der Waals surface area contributed by atoms with Crippen molar-refractivity contribution in [2.24, 2.45) is 11.7 Å². The molecule has 0 saturated carbocycles. The third kappa shape index (κ3) is 8.11. The number of ether oxygens (including phenoxy) is 1. The number of aliphatic hydroxyl groups is 1. The van der Waals surface area contributed by atoms with Crippen molar-refractivity contribution in [1.29, 1.82) is 0 Å². The molecule has 0 aliphatic carbocycles. The van der Waals surface area contributed by atoms with Crippen LogP contribution < -0.4 is 21.1 Å². The molecule has 1 unspecified atom stereocenters. The second-order valence-electron chi connectivity index (χ2n) is 6.89. The van der Waals surface area contributed by atoms with Crippen LogP contribution in [0.25, 0.3) is 0 Å². The molecule has 13 heteroatoms. The van der Waals surface area contributed by atoms with E-state index >= 15 is 0 Å². The van der Waals surface area contributed by atoms with Crippen LogP contribution in [0.1, 0.15) is 25.5 Å². The topological polar surface area (TPSA) is 114 Å². The number of benzene rings is 1. The van der Waals surface area contributed by atoms with Gasteiger partial charge in [-0.25, -0.2) is 0 Å². The number of amides is 2. The number of alkyl halides is 5. The third-order valence-electron chi connectivity index (χ3n) is 4.25. The molecule has 0 saturated heterocycles. The van der Waals surface area contributed by atoms with Crippen molar-refractivity contribution in [1.82, 2.24) is 10.6 Å². The normalized spacial score (nSPS) is 14.8. The standard InChI is InChI=1S/C18H24F5N3O4.ClH/c1-9(2)13(14(27)18(22,23)16(29)25-8-17(19,20)21)26-15(28)12(24)10-4-6-11(30-3)7-5-10;/h4-7,9,12-14,27H,8,24H2,1-3H3,(H,25,29)(H,26,28);1H/t12-,13-,14?;/m0./s1. The van der Waals surface area contributed by atoms with Crippen LogP contribution in [-0.2, 0) is 9.59 Å². The first-order valence-corrected chi connectivity index (χ1v) is 8.81. The quantitative estimate of drug-likeness (QED) is 0.406. The van der Waals surface area contributed by atoms with E-state index in [9.17, 15) is 36.6 Å². The SMILES string of the molecule is COc1ccc([C@H](N)C(=O)N[C@@H](C(C)C)C(O)C(F)(F)C(=O)NCC(F)(F)F)cc1.Cl. The van der Waals surface area contributed by atoms with Crippen LogP contribution in [0.3, 0.4) is 0 Å². The lowest BCUT2D eigenvalue weighted by molar-refractivity contribution is -0.174.